The molecule has 0 bridgehead atoms. The first-order valence-corrected chi connectivity index (χ1v) is 5.83. The summed E-state index contributed by atoms with van der Waals surface area (Å²) < 4.78 is 28.2. The summed E-state index contributed by atoms with van der Waals surface area (Å²) in [6.07, 6.45) is 1.28. The molecule has 0 spiro atoms. The summed E-state index contributed by atoms with van der Waals surface area (Å²) >= 11 is 0. The van der Waals surface area contributed by atoms with Gasteiger partial charge >= 0.3 is 12.6 Å². The third-order valence-corrected chi connectivity index (χ3v) is 2.90. The lowest BCUT2D eigenvalue weighted by Crippen LogP contribution is -2.02. The van der Waals surface area contributed by atoms with E-state index in [1.165, 1.54) is 12.1 Å². The quantitative estimate of drug-likeness (QED) is 0.803. The van der Waals surface area contributed by atoms with Crippen LogP contribution in [0.2, 0.25) is 0 Å². The first-order chi connectivity index (χ1) is 8.90. The lowest BCUT2D eigenvalue weighted by Gasteiger charge is -2.07. The van der Waals surface area contributed by atoms with Crippen molar-refractivity contribution in [1.82, 2.24) is 0 Å². The maximum Gasteiger partial charge on any atom is 0.387 e. The zero-order valence-corrected chi connectivity index (χ0v) is 10.8. The van der Waals surface area contributed by atoms with Crippen molar-refractivity contribution in [2.45, 2.75) is 33.3 Å². The van der Waals surface area contributed by atoms with Crippen LogP contribution in [0.3, 0.4) is 0 Å². The molecular formula is C14H16F2O3. The monoisotopic (exact) mass is 270 g/mol. The molecular weight excluding hydrogens is 254 g/mol. The fraction of sp³-hybridized carbons (Fsp3) is 0.357. The molecule has 1 aromatic carbocycles. The van der Waals surface area contributed by atoms with Crippen LogP contribution in [0.1, 0.15) is 25.8 Å². The largest absolute Gasteiger partial charge is 0.478 e. The number of hydrogen-bond donors (Lipinski definition) is 1. The second-order valence-corrected chi connectivity index (χ2v) is 4.23. The number of benzene rings is 1. The Labute approximate surface area is 110 Å². The average Bonchev–Trinajstić information content (AvgIpc) is 2.35. The number of halogens is 2. The van der Waals surface area contributed by atoms with Crippen LogP contribution < -0.4 is 4.74 Å². The van der Waals surface area contributed by atoms with Crippen LogP contribution in [0.25, 0.3) is 0 Å². The van der Waals surface area contributed by atoms with Crippen LogP contribution in [0.4, 0.5) is 8.78 Å². The zero-order valence-electron chi connectivity index (χ0n) is 10.8. The summed E-state index contributed by atoms with van der Waals surface area (Å²) in [5, 5.41) is 8.82. The number of aryl methyl sites for hydroxylation is 1. The highest BCUT2D eigenvalue weighted by atomic mass is 19.3. The summed E-state index contributed by atoms with van der Waals surface area (Å²) in [4.78, 5) is 10.8. The number of rotatable bonds is 6. The minimum atomic E-state index is -2.82. The van der Waals surface area contributed by atoms with Gasteiger partial charge in [0.2, 0.25) is 0 Å². The Morgan fingerprint density at radius 1 is 1.26 bits per heavy atom. The second-order valence-electron chi connectivity index (χ2n) is 4.23. The minimum absolute atomic E-state index is 0.118. The van der Waals surface area contributed by atoms with Crippen LogP contribution in [-0.4, -0.2) is 17.7 Å². The van der Waals surface area contributed by atoms with Gasteiger partial charge in [-0.25, -0.2) is 4.79 Å². The molecule has 3 nitrogen and oxygen atoms in total. The SMILES string of the molecule is CC(CCc1ccc(OC(F)F)cc1)=C(C)C(=O)O. The lowest BCUT2D eigenvalue weighted by molar-refractivity contribution is -0.132. The Morgan fingerprint density at radius 3 is 2.32 bits per heavy atom. The van der Waals surface area contributed by atoms with Crippen molar-refractivity contribution in [3.8, 4) is 5.75 Å². The van der Waals surface area contributed by atoms with Gasteiger partial charge in [-0.2, -0.15) is 8.78 Å². The van der Waals surface area contributed by atoms with Gasteiger partial charge in [-0.15, -0.1) is 0 Å². The van der Waals surface area contributed by atoms with E-state index >= 15 is 0 Å². The predicted octanol–water partition coefficient (Wildman–Crippen LogP) is 3.64. The van der Waals surface area contributed by atoms with Gasteiger partial charge in [0.25, 0.3) is 0 Å². The Bertz CT molecular complexity index is 464. The topological polar surface area (TPSA) is 46.5 Å². The van der Waals surface area contributed by atoms with E-state index in [0.29, 0.717) is 18.4 Å². The molecule has 0 radical (unpaired) electrons. The number of carbonyl (C=O) groups is 1. The van der Waals surface area contributed by atoms with Gasteiger partial charge in [-0.1, -0.05) is 17.7 Å². The van der Waals surface area contributed by atoms with E-state index in [4.69, 9.17) is 5.11 Å². The van der Waals surface area contributed by atoms with Crippen molar-refractivity contribution < 1.29 is 23.4 Å². The molecule has 0 amide bonds. The molecule has 5 heteroatoms. The standard InChI is InChI=1S/C14H16F2O3/c1-9(10(2)13(17)18)3-4-11-5-7-12(8-6-11)19-14(15)16/h5-8,14H,3-4H2,1-2H3,(H,17,18). The van der Waals surface area contributed by atoms with Crippen LogP contribution in [0.15, 0.2) is 35.4 Å². The van der Waals surface area contributed by atoms with Crippen molar-refractivity contribution in [2.75, 3.05) is 0 Å². The Morgan fingerprint density at radius 2 is 1.84 bits per heavy atom. The van der Waals surface area contributed by atoms with E-state index in [9.17, 15) is 13.6 Å². The predicted molar refractivity (Wildman–Crippen MR) is 67.4 cm³/mol. The lowest BCUT2D eigenvalue weighted by atomic mass is 10.0. The molecule has 1 N–H and O–H groups in total. The third kappa shape index (κ3) is 5.07. The molecule has 0 aromatic heterocycles. The van der Waals surface area contributed by atoms with Gasteiger partial charge in [-0.05, 0) is 44.4 Å². The summed E-state index contributed by atoms with van der Waals surface area (Å²) in [5.41, 5.74) is 2.09. The highest BCUT2D eigenvalue weighted by Gasteiger charge is 2.06. The molecule has 0 aliphatic heterocycles. The third-order valence-electron chi connectivity index (χ3n) is 2.90. The van der Waals surface area contributed by atoms with Gasteiger partial charge in [0.15, 0.2) is 0 Å². The van der Waals surface area contributed by atoms with Gasteiger partial charge in [0.1, 0.15) is 5.75 Å². The van der Waals surface area contributed by atoms with Crippen LogP contribution in [0.5, 0.6) is 5.75 Å². The molecule has 0 aliphatic rings. The first kappa shape index (κ1) is 15.1. The van der Waals surface area contributed by atoms with Crippen molar-refractivity contribution in [3.05, 3.63) is 41.0 Å². The van der Waals surface area contributed by atoms with Crippen molar-refractivity contribution in [1.29, 1.82) is 0 Å². The highest BCUT2D eigenvalue weighted by molar-refractivity contribution is 5.86. The molecule has 1 rings (SSSR count). The smallest absolute Gasteiger partial charge is 0.387 e. The number of carboxylic acid groups (broad SMARTS) is 1. The highest BCUT2D eigenvalue weighted by Crippen LogP contribution is 2.18. The van der Waals surface area contributed by atoms with E-state index < -0.39 is 12.6 Å². The fourth-order valence-electron chi connectivity index (χ4n) is 1.54. The van der Waals surface area contributed by atoms with Crippen LogP contribution >= 0.6 is 0 Å². The minimum Gasteiger partial charge on any atom is -0.478 e. The Hall–Kier alpha value is -1.91. The molecule has 0 unspecified atom stereocenters. The van der Waals surface area contributed by atoms with Gasteiger partial charge < -0.3 is 9.84 Å². The summed E-state index contributed by atoms with van der Waals surface area (Å²) in [7, 11) is 0. The van der Waals surface area contributed by atoms with Crippen LogP contribution in [0, 0.1) is 0 Å². The van der Waals surface area contributed by atoms with E-state index in [-0.39, 0.29) is 5.75 Å². The molecule has 0 saturated carbocycles. The molecule has 104 valence electrons. The zero-order chi connectivity index (χ0) is 14.4. The molecule has 19 heavy (non-hydrogen) atoms. The number of hydrogen-bond acceptors (Lipinski definition) is 2. The second kappa shape index (κ2) is 6.87. The number of alkyl halides is 2. The molecule has 0 atom stereocenters. The van der Waals surface area contributed by atoms with Gasteiger partial charge in [0.05, 0.1) is 0 Å². The number of allylic oxidation sites excluding steroid dienone is 1. The average molecular weight is 270 g/mol. The van der Waals surface area contributed by atoms with E-state index in [1.54, 1.807) is 26.0 Å². The normalized spacial score (nSPS) is 12.3. The number of aliphatic carboxylic acids is 1. The van der Waals surface area contributed by atoms with Crippen molar-refractivity contribution >= 4 is 5.97 Å². The van der Waals surface area contributed by atoms with Gasteiger partial charge in [0, 0.05) is 5.57 Å². The Balaban J connectivity index is 2.59. The van der Waals surface area contributed by atoms with Crippen molar-refractivity contribution in [3.63, 3.8) is 0 Å². The molecule has 0 saturated heterocycles. The van der Waals surface area contributed by atoms with E-state index in [2.05, 4.69) is 4.74 Å². The summed E-state index contributed by atoms with van der Waals surface area (Å²) in [6, 6.07) is 6.34. The maximum absolute atomic E-state index is 12.0. The number of carboxylic acids is 1. The van der Waals surface area contributed by atoms with Gasteiger partial charge in [-0.3, -0.25) is 0 Å². The van der Waals surface area contributed by atoms with Crippen molar-refractivity contribution in [2.24, 2.45) is 0 Å². The Kier molecular flexibility index (Phi) is 5.48. The van der Waals surface area contributed by atoms with E-state index in [1.807, 2.05) is 0 Å². The number of ether oxygens (including phenoxy) is 1. The molecule has 0 fully saturated rings. The molecule has 0 aliphatic carbocycles. The summed E-state index contributed by atoms with van der Waals surface area (Å²) in [6.45, 7) is 0.517. The summed E-state index contributed by atoms with van der Waals surface area (Å²) in [5.74, 6) is -0.800. The van der Waals surface area contributed by atoms with E-state index in [0.717, 1.165) is 11.1 Å². The molecule has 0 heterocycles. The fourth-order valence-corrected chi connectivity index (χ4v) is 1.54. The first-order valence-electron chi connectivity index (χ1n) is 5.83. The molecule has 1 aromatic rings. The van der Waals surface area contributed by atoms with Crippen LogP contribution in [-0.2, 0) is 11.2 Å². The maximum atomic E-state index is 12.0.